The zero-order valence-electron chi connectivity index (χ0n) is 33.7. The molecule has 0 atom stereocenters. The van der Waals surface area contributed by atoms with Crippen LogP contribution in [0, 0.1) is 11.8 Å². The minimum atomic E-state index is -0.146. The van der Waals surface area contributed by atoms with E-state index in [0.717, 1.165) is 55.7 Å². The van der Waals surface area contributed by atoms with Crippen LogP contribution in [0.5, 0.6) is 0 Å². The number of aryl methyl sites for hydroxylation is 1. The number of amides is 7. The quantitative estimate of drug-likeness (QED) is 0.310. The lowest BCUT2D eigenvalue weighted by Crippen LogP contribution is -2.39. The molecule has 0 radical (unpaired) electrons. The van der Waals surface area contributed by atoms with E-state index in [4.69, 9.17) is 0 Å². The number of anilines is 3. The summed E-state index contributed by atoms with van der Waals surface area (Å²) in [4.78, 5) is 71.6. The molecule has 0 aromatic heterocycles. The minimum absolute atomic E-state index is 0.0205. The summed E-state index contributed by atoms with van der Waals surface area (Å²) in [5.41, 5.74) is 4.80. The van der Waals surface area contributed by atoms with Crippen LogP contribution in [0.1, 0.15) is 102 Å². The van der Waals surface area contributed by atoms with Crippen molar-refractivity contribution in [2.24, 2.45) is 11.8 Å². The number of carbonyl (C=O) groups excluding carboxylic acids is 5. The Balaban J connectivity index is 0.000000192. The maximum Gasteiger partial charge on any atom is 0.321 e. The van der Waals surface area contributed by atoms with E-state index in [-0.39, 0.29) is 29.8 Å². The monoisotopic (exact) mass is 769 g/mol. The molecule has 3 heterocycles. The highest BCUT2D eigenvalue weighted by atomic mass is 16.2. The standard InChI is InChI=1S/C23H32N4O3.C21H31N3O2/c1-17(28)27-12-9-19-7-8-20(16-21(19)27)24-23(30)26-11-4-10-25(13-14-26)22(29)15-18-5-2-3-6-18;1-2-17-8-10-19(11-9-17)22-21(26)24-13-5-12-23(14-15-24)20(25)16-18-6-3-4-7-18/h7-8,16,18H,2-6,9-15H2,1H3,(H,24,30);8-11,18H,2-7,12-16H2,1H3,(H,22,26). The molecule has 2 saturated carbocycles. The Labute approximate surface area is 333 Å². The summed E-state index contributed by atoms with van der Waals surface area (Å²) in [5.74, 6) is 1.67. The number of fused-ring (bicyclic) bond motifs is 1. The van der Waals surface area contributed by atoms with Gasteiger partial charge in [0.15, 0.2) is 0 Å². The van der Waals surface area contributed by atoms with Crippen LogP contribution < -0.4 is 15.5 Å². The van der Waals surface area contributed by atoms with Gasteiger partial charge in [-0.05, 0) is 98.6 Å². The predicted molar refractivity (Wildman–Crippen MR) is 221 cm³/mol. The van der Waals surface area contributed by atoms with Gasteiger partial charge in [0.05, 0.1) is 0 Å². The lowest BCUT2D eigenvalue weighted by Gasteiger charge is -2.23. The third-order valence-electron chi connectivity index (χ3n) is 12.4. The van der Waals surface area contributed by atoms with Gasteiger partial charge in [0.2, 0.25) is 17.7 Å². The number of benzene rings is 2. The second-order valence-electron chi connectivity index (χ2n) is 16.3. The van der Waals surface area contributed by atoms with E-state index in [1.807, 2.05) is 57.2 Å². The van der Waals surface area contributed by atoms with Crippen molar-refractivity contribution in [1.82, 2.24) is 19.6 Å². The number of hydrogen-bond donors (Lipinski definition) is 2. The number of nitrogens with zero attached hydrogens (tertiary/aromatic N) is 5. The van der Waals surface area contributed by atoms with Crippen molar-refractivity contribution in [3.05, 3.63) is 53.6 Å². The Morgan fingerprint density at radius 1 is 0.571 bits per heavy atom. The molecule has 304 valence electrons. The van der Waals surface area contributed by atoms with Crippen molar-refractivity contribution in [3.63, 3.8) is 0 Å². The van der Waals surface area contributed by atoms with Crippen LogP contribution in [0.4, 0.5) is 26.7 Å². The van der Waals surface area contributed by atoms with E-state index < -0.39 is 0 Å². The van der Waals surface area contributed by atoms with Gasteiger partial charge in [-0.15, -0.1) is 0 Å². The van der Waals surface area contributed by atoms with Crippen molar-refractivity contribution in [2.75, 3.05) is 74.4 Å². The van der Waals surface area contributed by atoms with E-state index in [2.05, 4.69) is 17.6 Å². The van der Waals surface area contributed by atoms with Crippen LogP contribution in [0.25, 0.3) is 0 Å². The molecule has 7 amide bonds. The zero-order valence-corrected chi connectivity index (χ0v) is 33.7. The molecule has 12 heteroatoms. The molecule has 7 rings (SSSR count). The summed E-state index contributed by atoms with van der Waals surface area (Å²) in [6.45, 7) is 9.61. The third-order valence-corrected chi connectivity index (χ3v) is 12.4. The number of carbonyl (C=O) groups is 5. The number of rotatable bonds is 7. The molecule has 0 bridgehead atoms. The first-order valence-electron chi connectivity index (χ1n) is 21.3. The van der Waals surface area contributed by atoms with Crippen LogP contribution in [0.15, 0.2) is 42.5 Å². The fourth-order valence-corrected chi connectivity index (χ4v) is 8.93. The third kappa shape index (κ3) is 11.3. The van der Waals surface area contributed by atoms with E-state index >= 15 is 0 Å². The Morgan fingerprint density at radius 3 is 1.54 bits per heavy atom. The smallest absolute Gasteiger partial charge is 0.321 e. The molecule has 0 spiro atoms. The van der Waals surface area contributed by atoms with E-state index in [9.17, 15) is 24.0 Å². The van der Waals surface area contributed by atoms with Gasteiger partial charge >= 0.3 is 12.1 Å². The van der Waals surface area contributed by atoms with Gasteiger partial charge in [-0.25, -0.2) is 9.59 Å². The van der Waals surface area contributed by atoms with E-state index in [0.29, 0.717) is 76.2 Å². The molecular weight excluding hydrogens is 707 g/mol. The summed E-state index contributed by atoms with van der Waals surface area (Å²) in [6.07, 6.45) is 14.6. The van der Waals surface area contributed by atoms with Gasteiger partial charge in [-0.2, -0.15) is 0 Å². The SMILES string of the molecule is CC(=O)N1CCc2ccc(NC(=O)N3CCCN(C(=O)CC4CCCC4)CC3)cc21.CCc1ccc(NC(=O)N2CCCN(C(=O)CC3CCCC3)CC2)cc1. The summed E-state index contributed by atoms with van der Waals surface area (Å²) in [6, 6.07) is 13.5. The topological polar surface area (TPSA) is 126 Å². The maximum atomic E-state index is 12.8. The largest absolute Gasteiger partial charge is 0.341 e. The van der Waals surface area contributed by atoms with Crippen molar-refractivity contribution in [2.45, 2.75) is 104 Å². The van der Waals surface area contributed by atoms with Gasteiger partial charge in [0.25, 0.3) is 0 Å². The Kier molecular flexibility index (Phi) is 14.7. The van der Waals surface area contributed by atoms with Gasteiger partial charge in [-0.1, -0.05) is 50.8 Å². The Bertz CT molecular complexity index is 1670. The van der Waals surface area contributed by atoms with Gasteiger partial charge in [0.1, 0.15) is 0 Å². The van der Waals surface area contributed by atoms with Gasteiger partial charge in [-0.3, -0.25) is 14.4 Å². The molecule has 12 nitrogen and oxygen atoms in total. The van der Waals surface area contributed by atoms with Crippen molar-refractivity contribution >= 4 is 46.8 Å². The molecule has 2 aromatic rings. The normalized spacial score (nSPS) is 19.1. The zero-order chi connectivity index (χ0) is 39.4. The highest BCUT2D eigenvalue weighted by Gasteiger charge is 2.28. The summed E-state index contributed by atoms with van der Waals surface area (Å²) in [5, 5.41) is 5.95. The van der Waals surface area contributed by atoms with Gasteiger partial charge in [0, 0.05) is 95.7 Å². The van der Waals surface area contributed by atoms with Crippen LogP contribution in [0.3, 0.4) is 0 Å². The highest BCUT2D eigenvalue weighted by Crippen LogP contribution is 2.32. The molecule has 4 fully saturated rings. The number of urea groups is 2. The predicted octanol–water partition coefficient (Wildman–Crippen LogP) is 7.14. The fraction of sp³-hybridized carbons (Fsp3) is 0.614. The van der Waals surface area contributed by atoms with Crippen LogP contribution in [-0.4, -0.2) is 108 Å². The molecule has 2 aliphatic carbocycles. The average Bonchev–Trinajstić information content (AvgIpc) is 3.91. The Hall–Kier alpha value is -4.61. The molecule has 2 N–H and O–H groups in total. The van der Waals surface area contributed by atoms with E-state index in [1.54, 1.807) is 16.7 Å². The van der Waals surface area contributed by atoms with Gasteiger partial charge < -0.3 is 35.1 Å². The average molecular weight is 770 g/mol. The van der Waals surface area contributed by atoms with Crippen LogP contribution >= 0.6 is 0 Å². The molecule has 5 aliphatic rings. The molecular formula is C44H63N7O5. The Morgan fingerprint density at radius 2 is 1.04 bits per heavy atom. The molecule has 2 aromatic carbocycles. The van der Waals surface area contributed by atoms with Crippen LogP contribution in [-0.2, 0) is 27.2 Å². The van der Waals surface area contributed by atoms with Crippen molar-refractivity contribution in [1.29, 1.82) is 0 Å². The number of nitrogens with one attached hydrogen (secondary N) is 2. The van der Waals surface area contributed by atoms with E-state index in [1.165, 1.54) is 56.9 Å². The van der Waals surface area contributed by atoms with Crippen molar-refractivity contribution < 1.29 is 24.0 Å². The summed E-state index contributed by atoms with van der Waals surface area (Å²) < 4.78 is 0. The second kappa shape index (κ2) is 20.0. The maximum absolute atomic E-state index is 12.8. The summed E-state index contributed by atoms with van der Waals surface area (Å²) in [7, 11) is 0. The lowest BCUT2D eigenvalue weighted by atomic mass is 10.0. The molecule has 0 unspecified atom stereocenters. The first-order chi connectivity index (χ1) is 27.2. The highest BCUT2D eigenvalue weighted by molar-refractivity contribution is 5.96. The first-order valence-corrected chi connectivity index (χ1v) is 21.3. The molecule has 2 saturated heterocycles. The van der Waals surface area contributed by atoms with Crippen molar-refractivity contribution in [3.8, 4) is 0 Å². The lowest BCUT2D eigenvalue weighted by molar-refractivity contribution is -0.132. The first kappa shape index (κ1) is 41.0. The summed E-state index contributed by atoms with van der Waals surface area (Å²) >= 11 is 0. The second-order valence-corrected chi connectivity index (χ2v) is 16.3. The molecule has 56 heavy (non-hydrogen) atoms. The number of hydrogen-bond acceptors (Lipinski definition) is 5. The van der Waals surface area contributed by atoms with Crippen LogP contribution in [0.2, 0.25) is 0 Å². The minimum Gasteiger partial charge on any atom is -0.341 e. The molecule has 3 aliphatic heterocycles. The fourth-order valence-electron chi connectivity index (χ4n) is 8.93.